The predicted molar refractivity (Wildman–Crippen MR) is 154 cm³/mol. The maximum Gasteiger partial charge on any atom is 0.227 e. The van der Waals surface area contributed by atoms with Crippen molar-refractivity contribution >= 4 is 66.7 Å². The van der Waals surface area contributed by atoms with Crippen LogP contribution in [0.3, 0.4) is 0 Å². The summed E-state index contributed by atoms with van der Waals surface area (Å²) in [4.78, 5) is 17.7. The summed E-state index contributed by atoms with van der Waals surface area (Å²) in [5.41, 5.74) is 3.34. The smallest absolute Gasteiger partial charge is 0.227 e. The molecule has 3 aromatic carbocycles. The summed E-state index contributed by atoms with van der Waals surface area (Å²) in [7, 11) is 0. The van der Waals surface area contributed by atoms with Crippen LogP contribution in [0, 0.1) is 23.2 Å². The minimum absolute atomic E-state index is 0.0337. The van der Waals surface area contributed by atoms with E-state index in [0.29, 0.717) is 23.0 Å². The highest BCUT2D eigenvalue weighted by atomic mass is 79.9. The van der Waals surface area contributed by atoms with Gasteiger partial charge >= 0.3 is 0 Å². The second kappa shape index (κ2) is 8.91. The number of nitrogens with one attached hydrogen (secondary N) is 2. The van der Waals surface area contributed by atoms with Gasteiger partial charge in [-0.05, 0) is 115 Å². The first-order valence-electron chi connectivity index (χ1n) is 13.1. The van der Waals surface area contributed by atoms with Crippen molar-refractivity contribution in [2.45, 2.75) is 44.9 Å². The number of fused-ring (bicyclic) bond motifs is 2. The van der Waals surface area contributed by atoms with Crippen molar-refractivity contribution in [2.75, 3.05) is 5.32 Å². The van der Waals surface area contributed by atoms with Gasteiger partial charge in [-0.2, -0.15) is 0 Å². The molecule has 0 saturated heterocycles. The van der Waals surface area contributed by atoms with Crippen LogP contribution in [0.4, 0.5) is 5.69 Å². The lowest BCUT2D eigenvalue weighted by Crippen LogP contribution is -2.48. The van der Waals surface area contributed by atoms with Crippen LogP contribution < -0.4 is 10.6 Å². The molecule has 1 aromatic heterocycles. The molecule has 188 valence electrons. The minimum Gasteiger partial charge on any atom is -0.436 e. The van der Waals surface area contributed by atoms with E-state index in [1.807, 2.05) is 42.5 Å². The molecule has 7 heteroatoms. The highest BCUT2D eigenvalue weighted by Crippen LogP contribution is 2.61. The number of aromatic nitrogens is 1. The first-order chi connectivity index (χ1) is 17.9. The van der Waals surface area contributed by atoms with Crippen LogP contribution in [0.1, 0.15) is 44.9 Å². The van der Waals surface area contributed by atoms with Crippen LogP contribution in [0.25, 0.3) is 33.3 Å². The van der Waals surface area contributed by atoms with E-state index in [9.17, 15) is 4.79 Å². The molecule has 1 amide bonds. The number of hydrogen-bond donors (Lipinski definition) is 2. The molecule has 4 bridgehead atoms. The van der Waals surface area contributed by atoms with E-state index in [1.165, 1.54) is 38.5 Å². The second-order valence-electron chi connectivity index (χ2n) is 11.4. The second-order valence-corrected chi connectivity index (χ2v) is 12.7. The van der Waals surface area contributed by atoms with E-state index in [4.69, 9.17) is 21.6 Å². The van der Waals surface area contributed by atoms with Crippen molar-refractivity contribution in [3.8, 4) is 11.5 Å². The zero-order valence-electron chi connectivity index (χ0n) is 20.4. The van der Waals surface area contributed by atoms with Crippen LogP contribution in [0.2, 0.25) is 0 Å². The molecule has 4 fully saturated rings. The molecule has 4 aliphatic rings. The van der Waals surface area contributed by atoms with Gasteiger partial charge in [-0.1, -0.05) is 40.2 Å². The number of halogens is 1. The first-order valence-corrected chi connectivity index (χ1v) is 14.3. The van der Waals surface area contributed by atoms with Gasteiger partial charge in [-0.25, -0.2) is 4.98 Å². The summed E-state index contributed by atoms with van der Waals surface area (Å²) >= 11 is 9.13. The number of thiocarbonyl (C=S) groups is 1. The molecule has 8 rings (SSSR count). The Labute approximate surface area is 229 Å². The molecule has 0 atom stereocenters. The van der Waals surface area contributed by atoms with Gasteiger partial charge in [0.15, 0.2) is 10.7 Å². The molecular formula is C30H28BrN3O2S. The average molecular weight is 575 g/mol. The lowest BCUT2D eigenvalue weighted by atomic mass is 9.49. The molecule has 0 unspecified atom stereocenters. The van der Waals surface area contributed by atoms with Crippen molar-refractivity contribution in [1.82, 2.24) is 10.3 Å². The third kappa shape index (κ3) is 4.36. The Bertz CT molecular complexity index is 1530. The summed E-state index contributed by atoms with van der Waals surface area (Å²) in [6.45, 7) is 0. The van der Waals surface area contributed by atoms with E-state index in [-0.39, 0.29) is 11.3 Å². The van der Waals surface area contributed by atoms with Crippen LogP contribution in [-0.2, 0) is 4.79 Å². The van der Waals surface area contributed by atoms with Gasteiger partial charge in [0.2, 0.25) is 11.8 Å². The molecule has 1 heterocycles. The van der Waals surface area contributed by atoms with Gasteiger partial charge < -0.3 is 15.1 Å². The summed E-state index contributed by atoms with van der Waals surface area (Å²) in [5.74, 6) is 3.10. The number of oxazole rings is 1. The molecule has 4 saturated carbocycles. The third-order valence-corrected chi connectivity index (χ3v) is 9.59. The van der Waals surface area contributed by atoms with Gasteiger partial charge in [0.25, 0.3) is 0 Å². The van der Waals surface area contributed by atoms with E-state index >= 15 is 0 Å². The first kappa shape index (κ1) is 23.4. The van der Waals surface area contributed by atoms with E-state index in [2.05, 4.69) is 38.7 Å². The standard InChI is InChI=1S/C30H28BrN3O2S/c31-24-6-2-3-21-22(24)4-1-5-23(21)28-33-25-12-20(7-8-26(25)36-28)32-29(37)34-27(35)16-30-13-17-9-18(14-30)11-19(10-17)15-30/h1-8,12,17-19H,9-11,13-16H2,(H2,32,34,35,37). The minimum atomic E-state index is 0.0337. The number of benzene rings is 3. The summed E-state index contributed by atoms with van der Waals surface area (Å²) in [6.07, 6.45) is 8.37. The molecule has 2 N–H and O–H groups in total. The third-order valence-electron chi connectivity index (χ3n) is 8.70. The van der Waals surface area contributed by atoms with E-state index < -0.39 is 0 Å². The van der Waals surface area contributed by atoms with Crippen LogP contribution >= 0.6 is 28.1 Å². The average Bonchev–Trinajstić information content (AvgIpc) is 3.26. The molecule has 4 aliphatic carbocycles. The molecule has 0 aliphatic heterocycles. The maximum absolute atomic E-state index is 13.0. The quantitative estimate of drug-likeness (QED) is 0.243. The van der Waals surface area contributed by atoms with Crippen molar-refractivity contribution in [3.63, 3.8) is 0 Å². The van der Waals surface area contributed by atoms with Crippen molar-refractivity contribution in [3.05, 3.63) is 59.1 Å². The Balaban J connectivity index is 1.05. The Hall–Kier alpha value is -2.77. The van der Waals surface area contributed by atoms with Gasteiger partial charge in [-0.3, -0.25) is 4.79 Å². The normalized spacial score (nSPS) is 26.0. The largest absolute Gasteiger partial charge is 0.436 e. The van der Waals surface area contributed by atoms with Crippen LogP contribution in [-0.4, -0.2) is 16.0 Å². The number of amides is 1. The van der Waals surface area contributed by atoms with E-state index in [0.717, 1.165) is 49.8 Å². The van der Waals surface area contributed by atoms with Gasteiger partial charge in [0.05, 0.1) is 0 Å². The number of carbonyl (C=O) groups is 1. The summed E-state index contributed by atoms with van der Waals surface area (Å²) < 4.78 is 7.14. The van der Waals surface area contributed by atoms with Gasteiger partial charge in [-0.15, -0.1) is 0 Å². The highest BCUT2D eigenvalue weighted by Gasteiger charge is 2.51. The Morgan fingerprint density at radius 2 is 1.70 bits per heavy atom. The Morgan fingerprint density at radius 1 is 1.00 bits per heavy atom. The predicted octanol–water partition coefficient (Wildman–Crippen LogP) is 7.83. The Kier molecular flexibility index (Phi) is 5.63. The zero-order valence-corrected chi connectivity index (χ0v) is 22.8. The SMILES string of the molecule is O=C(CC12CC3CC(CC(C3)C1)C2)NC(=S)Nc1ccc2oc(-c3cccc4c(Br)cccc34)nc2c1. The Morgan fingerprint density at radius 3 is 2.46 bits per heavy atom. The number of hydrogen-bond acceptors (Lipinski definition) is 4. The van der Waals surface area contributed by atoms with Crippen molar-refractivity contribution in [1.29, 1.82) is 0 Å². The topological polar surface area (TPSA) is 67.2 Å². The summed E-state index contributed by atoms with van der Waals surface area (Å²) in [5, 5.41) is 8.63. The number of anilines is 1. The van der Waals surface area contributed by atoms with Crippen LogP contribution in [0.5, 0.6) is 0 Å². The molecule has 0 radical (unpaired) electrons. The summed E-state index contributed by atoms with van der Waals surface area (Å²) in [6, 6.07) is 17.9. The van der Waals surface area contributed by atoms with Crippen molar-refractivity contribution < 1.29 is 9.21 Å². The lowest BCUT2D eigenvalue weighted by Gasteiger charge is -2.56. The number of rotatable bonds is 4. The molecule has 5 nitrogen and oxygen atoms in total. The maximum atomic E-state index is 13.0. The fourth-order valence-corrected chi connectivity index (χ4v) is 8.49. The fraction of sp³-hybridized carbons (Fsp3) is 0.367. The van der Waals surface area contributed by atoms with Gasteiger partial charge in [0.1, 0.15) is 5.52 Å². The van der Waals surface area contributed by atoms with Crippen LogP contribution in [0.15, 0.2) is 63.5 Å². The number of nitrogens with zero attached hydrogens (tertiary/aromatic N) is 1. The lowest BCUT2D eigenvalue weighted by molar-refractivity contribution is -0.127. The number of carbonyl (C=O) groups excluding carboxylic acids is 1. The highest BCUT2D eigenvalue weighted by molar-refractivity contribution is 9.10. The van der Waals surface area contributed by atoms with E-state index in [1.54, 1.807) is 0 Å². The zero-order chi connectivity index (χ0) is 25.1. The monoisotopic (exact) mass is 573 g/mol. The fourth-order valence-electron chi connectivity index (χ4n) is 7.76. The van der Waals surface area contributed by atoms with Gasteiger partial charge in [0, 0.05) is 22.1 Å². The molecule has 4 aromatic rings. The molecular weight excluding hydrogens is 546 g/mol. The molecule has 0 spiro atoms. The molecule has 37 heavy (non-hydrogen) atoms. The van der Waals surface area contributed by atoms with Crippen molar-refractivity contribution in [2.24, 2.45) is 23.2 Å².